The van der Waals surface area contributed by atoms with E-state index in [0.717, 1.165) is 24.4 Å². The molecular formula is C23H25N5O5S. The molecule has 3 heterocycles. The van der Waals surface area contributed by atoms with E-state index in [1.165, 1.54) is 4.90 Å². The van der Waals surface area contributed by atoms with Crippen LogP contribution in [0.3, 0.4) is 0 Å². The van der Waals surface area contributed by atoms with Crippen LogP contribution in [-0.4, -0.2) is 41.4 Å². The molecule has 5 N–H and O–H groups in total. The molecule has 2 atom stereocenters. The highest BCUT2D eigenvalue weighted by atomic mass is 32.1. The van der Waals surface area contributed by atoms with Gasteiger partial charge < -0.3 is 25.9 Å². The monoisotopic (exact) mass is 483 g/mol. The standard InChI is InChI=1S/C23H25N5O5S/c1-13-9-10-16(33-13)19(22(30)26-12-15-8-5-11-32-15)28(14-6-3-2-4-7-14)23(31)20-17(24)18(21(25)29)27-34-20/h2-4,6-7,9-10,15,19H,5,8,11-12,24H2,1H3,(H2,25,29)(H,26,30)/t15-,19+/m1/s1. The van der Waals surface area contributed by atoms with Crippen molar-refractivity contribution < 1.29 is 23.5 Å². The molecule has 3 amide bonds. The summed E-state index contributed by atoms with van der Waals surface area (Å²) in [7, 11) is 0. The summed E-state index contributed by atoms with van der Waals surface area (Å²) in [5, 5.41) is 2.89. The maximum absolute atomic E-state index is 13.8. The highest BCUT2D eigenvalue weighted by molar-refractivity contribution is 7.09. The molecule has 34 heavy (non-hydrogen) atoms. The SMILES string of the molecule is Cc1ccc([C@@H](C(=O)NC[C@H]2CCCO2)N(C(=O)c2snc(C(N)=O)c2N)c2ccccc2)o1. The number of nitrogens with one attached hydrogen (secondary N) is 1. The van der Waals surface area contributed by atoms with Crippen molar-refractivity contribution in [2.24, 2.45) is 5.73 Å². The number of nitrogens with two attached hydrogens (primary N) is 2. The Hall–Kier alpha value is -3.70. The summed E-state index contributed by atoms with van der Waals surface area (Å²) < 4.78 is 15.3. The van der Waals surface area contributed by atoms with E-state index < -0.39 is 23.8 Å². The first-order chi connectivity index (χ1) is 16.4. The third kappa shape index (κ3) is 4.80. The zero-order valence-electron chi connectivity index (χ0n) is 18.5. The van der Waals surface area contributed by atoms with Crippen LogP contribution in [0.1, 0.15) is 50.6 Å². The number of para-hydroxylation sites is 1. The summed E-state index contributed by atoms with van der Waals surface area (Å²) in [5.41, 5.74) is 11.5. The van der Waals surface area contributed by atoms with Gasteiger partial charge in [-0.15, -0.1) is 0 Å². The molecule has 0 saturated carbocycles. The van der Waals surface area contributed by atoms with E-state index >= 15 is 0 Å². The van der Waals surface area contributed by atoms with Crippen molar-refractivity contribution in [3.05, 3.63) is 64.6 Å². The Kier molecular flexibility index (Phi) is 6.94. The van der Waals surface area contributed by atoms with Crippen LogP contribution < -0.4 is 21.7 Å². The molecular weight excluding hydrogens is 458 g/mol. The number of primary amides is 1. The highest BCUT2D eigenvalue weighted by Crippen LogP contribution is 2.33. The van der Waals surface area contributed by atoms with Crippen LogP contribution in [0.4, 0.5) is 11.4 Å². The minimum absolute atomic E-state index is 0.00198. The van der Waals surface area contributed by atoms with Gasteiger partial charge in [0.1, 0.15) is 16.4 Å². The third-order valence-electron chi connectivity index (χ3n) is 5.47. The van der Waals surface area contributed by atoms with Crippen LogP contribution in [-0.2, 0) is 9.53 Å². The van der Waals surface area contributed by atoms with Gasteiger partial charge in [0.15, 0.2) is 11.7 Å². The Balaban J connectivity index is 1.76. The number of rotatable bonds is 8. The Morgan fingerprint density at radius 1 is 1.24 bits per heavy atom. The lowest BCUT2D eigenvalue weighted by molar-refractivity contribution is -0.123. The van der Waals surface area contributed by atoms with Gasteiger partial charge in [-0.05, 0) is 55.6 Å². The van der Waals surface area contributed by atoms with Crippen molar-refractivity contribution in [1.82, 2.24) is 9.69 Å². The largest absolute Gasteiger partial charge is 0.464 e. The lowest BCUT2D eigenvalue weighted by Crippen LogP contribution is -2.45. The Morgan fingerprint density at radius 2 is 2.00 bits per heavy atom. The lowest BCUT2D eigenvalue weighted by atomic mass is 10.1. The summed E-state index contributed by atoms with van der Waals surface area (Å²) in [6.45, 7) is 2.71. The highest BCUT2D eigenvalue weighted by Gasteiger charge is 2.38. The molecule has 4 rings (SSSR count). The molecule has 0 radical (unpaired) electrons. The average molecular weight is 484 g/mol. The summed E-state index contributed by atoms with van der Waals surface area (Å²) >= 11 is 0.750. The topological polar surface area (TPSA) is 154 Å². The third-order valence-corrected chi connectivity index (χ3v) is 6.32. The minimum Gasteiger partial charge on any atom is -0.464 e. The maximum Gasteiger partial charge on any atom is 0.273 e. The fourth-order valence-electron chi connectivity index (χ4n) is 3.80. The number of aryl methyl sites for hydroxylation is 1. The fraction of sp³-hybridized carbons (Fsp3) is 0.304. The van der Waals surface area contributed by atoms with Crippen LogP contribution in [0.2, 0.25) is 0 Å². The molecule has 0 spiro atoms. The second-order valence-corrected chi connectivity index (χ2v) is 8.65. The van der Waals surface area contributed by atoms with E-state index in [0.29, 0.717) is 24.6 Å². The van der Waals surface area contributed by atoms with E-state index in [1.54, 1.807) is 49.4 Å². The Morgan fingerprint density at radius 3 is 2.59 bits per heavy atom. The van der Waals surface area contributed by atoms with Gasteiger partial charge in [0.05, 0.1) is 11.8 Å². The van der Waals surface area contributed by atoms with Gasteiger partial charge in [0, 0.05) is 18.8 Å². The van der Waals surface area contributed by atoms with E-state index in [9.17, 15) is 14.4 Å². The summed E-state index contributed by atoms with van der Waals surface area (Å²) in [6.07, 6.45) is 1.70. The maximum atomic E-state index is 13.8. The number of nitrogens with zero attached hydrogens (tertiary/aromatic N) is 2. The molecule has 0 bridgehead atoms. The van der Waals surface area contributed by atoms with Gasteiger partial charge in [-0.2, -0.15) is 4.37 Å². The number of benzene rings is 1. The van der Waals surface area contributed by atoms with E-state index in [4.69, 9.17) is 20.6 Å². The van der Waals surface area contributed by atoms with Crippen LogP contribution >= 0.6 is 11.5 Å². The first-order valence-electron chi connectivity index (χ1n) is 10.8. The molecule has 2 aromatic heterocycles. The molecule has 1 aliphatic rings. The van der Waals surface area contributed by atoms with E-state index in [2.05, 4.69) is 9.69 Å². The molecule has 11 heteroatoms. The van der Waals surface area contributed by atoms with Gasteiger partial charge in [0.2, 0.25) is 0 Å². The van der Waals surface area contributed by atoms with Crippen molar-refractivity contribution >= 4 is 40.6 Å². The van der Waals surface area contributed by atoms with Gasteiger partial charge in [-0.25, -0.2) is 0 Å². The van der Waals surface area contributed by atoms with Crippen LogP contribution in [0.5, 0.6) is 0 Å². The molecule has 3 aromatic rings. The summed E-state index contributed by atoms with van der Waals surface area (Å²) in [4.78, 5) is 40.3. The van der Waals surface area contributed by atoms with E-state index in [-0.39, 0.29) is 28.1 Å². The van der Waals surface area contributed by atoms with Crippen molar-refractivity contribution in [3.63, 3.8) is 0 Å². The molecule has 1 fully saturated rings. The first-order valence-corrected chi connectivity index (χ1v) is 11.5. The molecule has 0 unspecified atom stereocenters. The molecule has 1 aliphatic heterocycles. The summed E-state index contributed by atoms with van der Waals surface area (Å²) in [6, 6.07) is 10.9. The first kappa shape index (κ1) is 23.5. The number of carbonyl (C=O) groups is 3. The number of aromatic nitrogens is 1. The number of hydrogen-bond donors (Lipinski definition) is 3. The summed E-state index contributed by atoms with van der Waals surface area (Å²) in [5.74, 6) is -1.04. The minimum atomic E-state index is -1.15. The zero-order valence-corrected chi connectivity index (χ0v) is 19.3. The Bertz CT molecular complexity index is 1190. The number of nitrogen functional groups attached to an aromatic ring is 1. The van der Waals surface area contributed by atoms with Crippen molar-refractivity contribution in [2.45, 2.75) is 31.9 Å². The number of ether oxygens (including phenoxy) is 1. The molecule has 0 aliphatic carbocycles. The van der Waals surface area contributed by atoms with Gasteiger partial charge in [-0.3, -0.25) is 19.3 Å². The molecule has 1 aromatic carbocycles. The van der Waals surface area contributed by atoms with Crippen molar-refractivity contribution in [3.8, 4) is 0 Å². The van der Waals surface area contributed by atoms with Gasteiger partial charge >= 0.3 is 0 Å². The average Bonchev–Trinajstić information content (AvgIpc) is 3.57. The number of carbonyl (C=O) groups excluding carboxylic acids is 3. The zero-order chi connectivity index (χ0) is 24.2. The van der Waals surface area contributed by atoms with Crippen molar-refractivity contribution in [1.29, 1.82) is 0 Å². The van der Waals surface area contributed by atoms with Crippen LogP contribution in [0.25, 0.3) is 0 Å². The normalized spacial score (nSPS) is 16.2. The number of amides is 3. The quantitative estimate of drug-likeness (QED) is 0.444. The fourth-order valence-corrected chi connectivity index (χ4v) is 4.54. The predicted octanol–water partition coefficient (Wildman–Crippen LogP) is 2.41. The smallest absolute Gasteiger partial charge is 0.273 e. The Labute approximate surface area is 200 Å². The number of hydrogen-bond acceptors (Lipinski definition) is 8. The van der Waals surface area contributed by atoms with Gasteiger partial charge in [-0.1, -0.05) is 18.2 Å². The second kappa shape index (κ2) is 10.1. The van der Waals surface area contributed by atoms with E-state index in [1.807, 2.05) is 0 Å². The lowest BCUT2D eigenvalue weighted by Gasteiger charge is -2.30. The van der Waals surface area contributed by atoms with Crippen molar-refractivity contribution in [2.75, 3.05) is 23.8 Å². The molecule has 1 saturated heterocycles. The second-order valence-electron chi connectivity index (χ2n) is 7.88. The molecule has 10 nitrogen and oxygen atoms in total. The van der Waals surface area contributed by atoms with Crippen LogP contribution in [0.15, 0.2) is 46.9 Å². The van der Waals surface area contributed by atoms with Gasteiger partial charge in [0.25, 0.3) is 17.7 Å². The molecule has 178 valence electrons. The predicted molar refractivity (Wildman–Crippen MR) is 126 cm³/mol. The van der Waals surface area contributed by atoms with Crippen LogP contribution in [0, 0.1) is 6.92 Å². The number of anilines is 2. The number of furan rings is 1.